The number of nitro benzene ring substituents is 1. The Hall–Kier alpha value is -3.28. The molecule has 0 bridgehead atoms. The van der Waals surface area contributed by atoms with E-state index in [2.05, 4.69) is 10.3 Å². The van der Waals surface area contributed by atoms with Crippen LogP contribution in [0.25, 0.3) is 10.9 Å². The fraction of sp³-hybridized carbons (Fsp3) is 0. The predicted octanol–water partition coefficient (Wildman–Crippen LogP) is 3.40. The first-order chi connectivity index (χ1) is 10.7. The first kappa shape index (κ1) is 13.7. The summed E-state index contributed by atoms with van der Waals surface area (Å²) in [5.41, 5.74) is 0.937. The summed E-state index contributed by atoms with van der Waals surface area (Å²) in [6, 6.07) is 14.9. The lowest BCUT2D eigenvalue weighted by atomic mass is 10.1. The molecule has 1 N–H and O–H groups in total. The van der Waals surface area contributed by atoms with E-state index in [1.165, 1.54) is 18.2 Å². The van der Waals surface area contributed by atoms with E-state index in [0.29, 0.717) is 11.2 Å². The zero-order chi connectivity index (χ0) is 15.5. The SMILES string of the molecule is O=C(Nc1cccc2cccnc12)c1ccccc1[N+](=O)[O-]. The van der Waals surface area contributed by atoms with Gasteiger partial charge in [-0.3, -0.25) is 19.9 Å². The van der Waals surface area contributed by atoms with Crippen molar-refractivity contribution < 1.29 is 9.72 Å². The largest absolute Gasteiger partial charge is 0.320 e. The first-order valence-electron chi connectivity index (χ1n) is 6.55. The molecule has 6 heteroatoms. The highest BCUT2D eigenvalue weighted by Gasteiger charge is 2.19. The minimum absolute atomic E-state index is 0.0143. The quantitative estimate of drug-likeness (QED) is 0.592. The lowest BCUT2D eigenvalue weighted by Crippen LogP contribution is -2.14. The van der Waals surface area contributed by atoms with E-state index in [0.717, 1.165) is 5.39 Å². The Balaban J connectivity index is 1.99. The zero-order valence-corrected chi connectivity index (χ0v) is 11.4. The van der Waals surface area contributed by atoms with Gasteiger partial charge in [0.25, 0.3) is 11.6 Å². The summed E-state index contributed by atoms with van der Waals surface area (Å²) < 4.78 is 0. The number of nitrogens with one attached hydrogen (secondary N) is 1. The fourth-order valence-electron chi connectivity index (χ4n) is 2.22. The molecule has 1 amide bonds. The van der Waals surface area contributed by atoms with Gasteiger partial charge in [-0.25, -0.2) is 0 Å². The van der Waals surface area contributed by atoms with Crippen molar-refractivity contribution in [2.75, 3.05) is 5.32 Å². The van der Waals surface area contributed by atoms with Crippen molar-refractivity contribution >= 4 is 28.2 Å². The highest BCUT2D eigenvalue weighted by atomic mass is 16.6. The van der Waals surface area contributed by atoms with Crippen molar-refractivity contribution in [1.29, 1.82) is 0 Å². The molecule has 0 unspecified atom stereocenters. The smallest absolute Gasteiger partial charge is 0.282 e. The third-order valence-corrected chi connectivity index (χ3v) is 3.23. The second kappa shape index (κ2) is 5.61. The Labute approximate surface area is 125 Å². The molecule has 0 aliphatic heterocycles. The molecule has 108 valence electrons. The van der Waals surface area contributed by atoms with Crippen molar-refractivity contribution in [1.82, 2.24) is 4.98 Å². The number of amides is 1. The second-order valence-electron chi connectivity index (χ2n) is 4.61. The third kappa shape index (κ3) is 2.49. The number of benzene rings is 2. The Morgan fingerprint density at radius 3 is 2.64 bits per heavy atom. The van der Waals surface area contributed by atoms with Crippen molar-refractivity contribution in [3.8, 4) is 0 Å². The molecule has 6 nitrogen and oxygen atoms in total. The number of fused-ring (bicyclic) bond motifs is 1. The third-order valence-electron chi connectivity index (χ3n) is 3.23. The highest BCUT2D eigenvalue weighted by molar-refractivity contribution is 6.10. The minimum Gasteiger partial charge on any atom is -0.320 e. The van der Waals surface area contributed by atoms with Gasteiger partial charge in [-0.2, -0.15) is 0 Å². The number of aromatic nitrogens is 1. The normalized spacial score (nSPS) is 10.4. The molecule has 1 heterocycles. The van der Waals surface area contributed by atoms with E-state index in [-0.39, 0.29) is 11.3 Å². The van der Waals surface area contributed by atoms with E-state index in [1.54, 1.807) is 30.5 Å². The van der Waals surface area contributed by atoms with Gasteiger partial charge in [-0.1, -0.05) is 30.3 Å². The van der Waals surface area contributed by atoms with Crippen LogP contribution in [0.3, 0.4) is 0 Å². The number of hydrogen-bond acceptors (Lipinski definition) is 4. The molecule has 0 saturated carbocycles. The second-order valence-corrected chi connectivity index (χ2v) is 4.61. The fourth-order valence-corrected chi connectivity index (χ4v) is 2.22. The Kier molecular flexibility index (Phi) is 3.49. The lowest BCUT2D eigenvalue weighted by molar-refractivity contribution is -0.385. The number of para-hydroxylation sites is 2. The molecular formula is C16H11N3O3. The monoisotopic (exact) mass is 293 g/mol. The molecule has 0 saturated heterocycles. The van der Waals surface area contributed by atoms with E-state index >= 15 is 0 Å². The topological polar surface area (TPSA) is 85.1 Å². The number of nitrogens with zero attached hydrogens (tertiary/aromatic N) is 2. The molecule has 22 heavy (non-hydrogen) atoms. The van der Waals surface area contributed by atoms with Crippen molar-refractivity contribution in [2.45, 2.75) is 0 Å². The van der Waals surface area contributed by atoms with Gasteiger partial charge in [0, 0.05) is 17.6 Å². The molecule has 0 radical (unpaired) electrons. The molecule has 0 aliphatic carbocycles. The molecule has 3 aromatic rings. The molecule has 0 aliphatic rings. The highest BCUT2D eigenvalue weighted by Crippen LogP contribution is 2.23. The van der Waals surface area contributed by atoms with Crippen molar-refractivity contribution in [3.05, 3.63) is 76.5 Å². The standard InChI is InChI=1S/C16H11N3O3/c20-16(12-7-1-2-9-14(12)19(21)22)18-13-8-3-5-11-6-4-10-17-15(11)13/h1-10H,(H,18,20). The number of carbonyl (C=O) groups is 1. The van der Waals surface area contributed by atoms with Gasteiger partial charge < -0.3 is 5.32 Å². The summed E-state index contributed by atoms with van der Waals surface area (Å²) >= 11 is 0. The van der Waals surface area contributed by atoms with Crippen LogP contribution in [-0.4, -0.2) is 15.8 Å². The summed E-state index contributed by atoms with van der Waals surface area (Å²) in [7, 11) is 0. The molecule has 0 atom stereocenters. The summed E-state index contributed by atoms with van der Waals surface area (Å²) in [6.45, 7) is 0. The van der Waals surface area contributed by atoms with Gasteiger partial charge >= 0.3 is 0 Å². The van der Waals surface area contributed by atoms with Crippen LogP contribution in [0.15, 0.2) is 60.8 Å². The lowest BCUT2D eigenvalue weighted by Gasteiger charge is -2.08. The maximum absolute atomic E-state index is 12.3. The van der Waals surface area contributed by atoms with E-state index in [1.807, 2.05) is 12.1 Å². The van der Waals surface area contributed by atoms with Crippen LogP contribution in [-0.2, 0) is 0 Å². The van der Waals surface area contributed by atoms with Gasteiger partial charge in [0.15, 0.2) is 0 Å². The van der Waals surface area contributed by atoms with Gasteiger partial charge in [0.05, 0.1) is 16.1 Å². The van der Waals surface area contributed by atoms with Crippen molar-refractivity contribution in [3.63, 3.8) is 0 Å². The van der Waals surface area contributed by atoms with Crippen LogP contribution in [0, 0.1) is 10.1 Å². The number of rotatable bonds is 3. The van der Waals surface area contributed by atoms with E-state index in [9.17, 15) is 14.9 Å². The summed E-state index contributed by atoms with van der Waals surface area (Å²) in [6.07, 6.45) is 1.63. The Morgan fingerprint density at radius 2 is 1.82 bits per heavy atom. The van der Waals surface area contributed by atoms with Gasteiger partial charge in [-0.05, 0) is 18.2 Å². The minimum atomic E-state index is -0.573. The van der Waals surface area contributed by atoms with Crippen LogP contribution < -0.4 is 5.32 Å². The molecular weight excluding hydrogens is 282 g/mol. The first-order valence-corrected chi connectivity index (χ1v) is 6.55. The average Bonchev–Trinajstić information content (AvgIpc) is 2.55. The number of hydrogen-bond donors (Lipinski definition) is 1. The van der Waals surface area contributed by atoms with Crippen LogP contribution in [0.4, 0.5) is 11.4 Å². The molecule has 1 aromatic heterocycles. The number of nitro groups is 1. The zero-order valence-electron chi connectivity index (χ0n) is 11.4. The number of carbonyl (C=O) groups excluding carboxylic acids is 1. The van der Waals surface area contributed by atoms with E-state index in [4.69, 9.17) is 0 Å². The van der Waals surface area contributed by atoms with Crippen LogP contribution >= 0.6 is 0 Å². The van der Waals surface area contributed by atoms with Crippen LogP contribution in [0.5, 0.6) is 0 Å². The number of anilines is 1. The maximum Gasteiger partial charge on any atom is 0.282 e. The molecule has 0 fully saturated rings. The molecule has 3 rings (SSSR count). The van der Waals surface area contributed by atoms with Crippen LogP contribution in [0.2, 0.25) is 0 Å². The number of pyridine rings is 1. The maximum atomic E-state index is 12.3. The van der Waals surface area contributed by atoms with Gasteiger partial charge in [-0.15, -0.1) is 0 Å². The van der Waals surface area contributed by atoms with Crippen LogP contribution in [0.1, 0.15) is 10.4 Å². The summed E-state index contributed by atoms with van der Waals surface area (Å²) in [5, 5.41) is 14.6. The van der Waals surface area contributed by atoms with Crippen molar-refractivity contribution in [2.24, 2.45) is 0 Å². The van der Waals surface area contributed by atoms with E-state index < -0.39 is 10.8 Å². The predicted molar refractivity (Wildman–Crippen MR) is 82.8 cm³/mol. The summed E-state index contributed by atoms with van der Waals surface area (Å²) in [4.78, 5) is 27.0. The Morgan fingerprint density at radius 1 is 1.05 bits per heavy atom. The molecule has 2 aromatic carbocycles. The van der Waals surface area contributed by atoms with Gasteiger partial charge in [0.2, 0.25) is 0 Å². The summed E-state index contributed by atoms with van der Waals surface area (Å²) in [5.74, 6) is -0.537. The molecule has 0 spiro atoms. The average molecular weight is 293 g/mol. The van der Waals surface area contributed by atoms with Gasteiger partial charge in [0.1, 0.15) is 5.56 Å². The Bertz CT molecular complexity index is 872.